The lowest BCUT2D eigenvalue weighted by Crippen LogP contribution is -2.18. The molecule has 0 aliphatic heterocycles. The molecule has 6 aromatic rings. The molecule has 0 radical (unpaired) electrons. The summed E-state index contributed by atoms with van der Waals surface area (Å²) in [5, 5.41) is 23.1. The molecule has 0 atom stereocenters. The molecule has 6 rings (SSSR count). The Morgan fingerprint density at radius 1 is 0.964 bits per heavy atom. The van der Waals surface area contributed by atoms with Crippen LogP contribution in [0, 0.1) is 17.0 Å². The lowest BCUT2D eigenvalue weighted by molar-refractivity contribution is -0.763. The van der Waals surface area contributed by atoms with E-state index in [-0.39, 0.29) is 71.2 Å². The van der Waals surface area contributed by atoms with Gasteiger partial charge < -0.3 is 28.5 Å². The Hall–Kier alpha value is -7.49. The Kier molecular flexibility index (Phi) is 11.4. The SMILES string of the molecule is COc1ccccc1Oc1c(NS(=O)(=O)c2ccc(C)cn2)nc(-c2ccnc(-c3nn[nH]n3)c2)nc1OCCOC(=O)Oc1cccc(CO[N+](=O)[O-])c1. The fourth-order valence-corrected chi connectivity index (χ4v) is 5.54. The van der Waals surface area contributed by atoms with Gasteiger partial charge in [0.15, 0.2) is 28.2 Å². The van der Waals surface area contributed by atoms with Crippen LogP contribution in [0.5, 0.6) is 28.9 Å². The summed E-state index contributed by atoms with van der Waals surface area (Å²) in [5.74, 6) is -0.327. The van der Waals surface area contributed by atoms with E-state index in [0.717, 1.165) is 5.56 Å². The van der Waals surface area contributed by atoms with Gasteiger partial charge in [-0.1, -0.05) is 30.3 Å². The van der Waals surface area contributed by atoms with Crippen LogP contribution < -0.4 is 23.7 Å². The smallest absolute Gasteiger partial charge is 0.493 e. The number of tetrazole rings is 1. The number of sulfonamides is 1. The zero-order valence-corrected chi connectivity index (χ0v) is 29.5. The third kappa shape index (κ3) is 9.69. The highest BCUT2D eigenvalue weighted by molar-refractivity contribution is 7.92. The van der Waals surface area contributed by atoms with Crippen molar-refractivity contribution in [2.24, 2.45) is 0 Å². The average Bonchev–Trinajstić information content (AvgIpc) is 3.73. The van der Waals surface area contributed by atoms with Crippen LogP contribution >= 0.6 is 0 Å². The molecule has 0 aliphatic carbocycles. The highest BCUT2D eigenvalue weighted by atomic mass is 32.2. The molecule has 2 aromatic carbocycles. The second-order valence-corrected chi connectivity index (χ2v) is 12.6. The Morgan fingerprint density at radius 2 is 1.80 bits per heavy atom. The maximum atomic E-state index is 13.7. The van der Waals surface area contributed by atoms with Gasteiger partial charge >= 0.3 is 6.16 Å². The minimum atomic E-state index is -4.39. The molecule has 4 heterocycles. The second-order valence-electron chi connectivity index (χ2n) is 10.9. The van der Waals surface area contributed by atoms with Crippen LogP contribution in [-0.4, -0.2) is 80.5 Å². The van der Waals surface area contributed by atoms with E-state index in [9.17, 15) is 23.3 Å². The van der Waals surface area contributed by atoms with Crippen LogP contribution in [0.2, 0.25) is 0 Å². The number of nitrogens with one attached hydrogen (secondary N) is 2. The quantitative estimate of drug-likeness (QED) is 0.0455. The minimum Gasteiger partial charge on any atom is -0.493 e. The third-order valence-electron chi connectivity index (χ3n) is 7.08. The zero-order chi connectivity index (χ0) is 38.8. The Balaban J connectivity index is 1.33. The molecule has 55 heavy (non-hydrogen) atoms. The van der Waals surface area contributed by atoms with Gasteiger partial charge in [0.25, 0.3) is 21.0 Å². The number of hydrogen-bond donors (Lipinski definition) is 2. The Labute approximate surface area is 310 Å². The molecule has 2 N–H and O–H groups in total. The highest BCUT2D eigenvalue weighted by Crippen LogP contribution is 2.41. The molecule has 0 unspecified atom stereocenters. The van der Waals surface area contributed by atoms with E-state index in [1.807, 2.05) is 0 Å². The first-order valence-electron chi connectivity index (χ1n) is 15.8. The summed E-state index contributed by atoms with van der Waals surface area (Å²) in [4.78, 5) is 44.7. The first-order chi connectivity index (χ1) is 26.6. The summed E-state index contributed by atoms with van der Waals surface area (Å²) in [5.41, 5.74) is 1.73. The zero-order valence-electron chi connectivity index (χ0n) is 28.7. The van der Waals surface area contributed by atoms with Crippen molar-refractivity contribution in [3.8, 4) is 51.8 Å². The highest BCUT2D eigenvalue weighted by Gasteiger charge is 2.26. The summed E-state index contributed by atoms with van der Waals surface area (Å²) in [6, 6.07) is 18.4. The van der Waals surface area contributed by atoms with E-state index in [1.54, 1.807) is 55.5 Å². The maximum Gasteiger partial charge on any atom is 0.513 e. The van der Waals surface area contributed by atoms with Crippen LogP contribution in [0.3, 0.4) is 0 Å². The monoisotopic (exact) mass is 772 g/mol. The summed E-state index contributed by atoms with van der Waals surface area (Å²) in [7, 11) is -2.97. The van der Waals surface area contributed by atoms with Crippen molar-refractivity contribution >= 4 is 22.0 Å². The topological polar surface area (TPSA) is 268 Å². The Bertz CT molecular complexity index is 2400. The fraction of sp³-hybridized carbons (Fsp3) is 0.152. The summed E-state index contributed by atoms with van der Waals surface area (Å²) in [6.07, 6.45) is 1.72. The normalized spacial score (nSPS) is 10.9. The van der Waals surface area contributed by atoms with E-state index in [2.05, 4.69) is 50.1 Å². The number of benzene rings is 2. The molecule has 0 saturated carbocycles. The predicted octanol–water partition coefficient (Wildman–Crippen LogP) is 4.33. The first-order valence-corrected chi connectivity index (χ1v) is 17.3. The number of pyridine rings is 2. The summed E-state index contributed by atoms with van der Waals surface area (Å²) >= 11 is 0. The van der Waals surface area contributed by atoms with Gasteiger partial charge in [0.05, 0.1) is 7.11 Å². The lowest BCUT2D eigenvalue weighted by atomic mass is 10.2. The Morgan fingerprint density at radius 3 is 2.55 bits per heavy atom. The molecular weight excluding hydrogens is 744 g/mol. The van der Waals surface area contributed by atoms with Gasteiger partial charge in [-0.3, -0.25) is 9.71 Å². The van der Waals surface area contributed by atoms with E-state index in [4.69, 9.17) is 23.7 Å². The number of aryl methyl sites for hydroxylation is 1. The molecule has 0 bridgehead atoms. The number of methoxy groups -OCH3 is 1. The predicted molar refractivity (Wildman–Crippen MR) is 187 cm³/mol. The van der Waals surface area contributed by atoms with Gasteiger partial charge in [-0.15, -0.1) is 20.3 Å². The van der Waals surface area contributed by atoms with Crippen molar-refractivity contribution in [3.05, 3.63) is 106 Å². The molecule has 282 valence electrons. The maximum absolute atomic E-state index is 13.7. The van der Waals surface area contributed by atoms with Gasteiger partial charge in [0, 0.05) is 18.0 Å². The standard InChI is InChI=1S/C33H28N10O11S/c1-20-10-11-27(35-18-20)55(47,48)40-31-28(54-26-9-4-3-8-25(26)49-2)32(37-29(36-31)22-12-13-34-24(17-22)30-38-41-42-39-30)50-14-15-51-33(44)53-23-7-5-6-21(16-23)19-52-43(45)46/h3-13,16-18H,14-15,19H2,1-2H3,(H,36,37,40)(H,38,39,41,42). The molecule has 21 nitrogen and oxygen atoms in total. The number of aromatic amines is 1. The van der Waals surface area contributed by atoms with Crippen LogP contribution in [0.4, 0.5) is 10.6 Å². The molecule has 0 aliphatic rings. The van der Waals surface area contributed by atoms with Crippen LogP contribution in [0.25, 0.3) is 22.9 Å². The molecule has 0 saturated heterocycles. The number of carbonyl (C=O) groups is 1. The number of rotatable bonds is 16. The lowest BCUT2D eigenvalue weighted by Gasteiger charge is -2.18. The minimum absolute atomic E-state index is 0.0424. The molecule has 0 amide bonds. The van der Waals surface area contributed by atoms with E-state index in [1.165, 1.54) is 43.8 Å². The molecule has 0 fully saturated rings. The fourth-order valence-electron chi connectivity index (χ4n) is 4.60. The second kappa shape index (κ2) is 16.9. The number of nitrogens with zero attached hydrogens (tertiary/aromatic N) is 8. The van der Waals surface area contributed by atoms with Crippen LogP contribution in [0.1, 0.15) is 11.1 Å². The summed E-state index contributed by atoms with van der Waals surface area (Å²) < 4.78 is 57.7. The number of anilines is 1. The number of para-hydroxylation sites is 2. The first kappa shape index (κ1) is 37.3. The number of ether oxygens (including phenoxy) is 5. The number of H-pyrrole nitrogens is 1. The van der Waals surface area contributed by atoms with Gasteiger partial charge in [0.1, 0.15) is 31.3 Å². The number of hydrogen-bond acceptors (Lipinski definition) is 18. The molecule has 4 aromatic heterocycles. The van der Waals surface area contributed by atoms with Gasteiger partial charge in [-0.2, -0.15) is 18.6 Å². The third-order valence-corrected chi connectivity index (χ3v) is 8.33. The van der Waals surface area contributed by atoms with Gasteiger partial charge in [-0.25, -0.2) is 14.8 Å². The summed E-state index contributed by atoms with van der Waals surface area (Å²) in [6.45, 7) is 0.667. The molecule has 0 spiro atoms. The van der Waals surface area contributed by atoms with Crippen molar-refractivity contribution in [3.63, 3.8) is 0 Å². The number of aromatic nitrogens is 8. The average molecular weight is 773 g/mol. The van der Waals surface area contributed by atoms with Crippen molar-refractivity contribution in [2.45, 2.75) is 18.6 Å². The van der Waals surface area contributed by atoms with Crippen molar-refractivity contribution in [2.75, 3.05) is 25.0 Å². The number of carbonyl (C=O) groups excluding carboxylic acids is 1. The van der Waals surface area contributed by atoms with Gasteiger partial charge in [-0.05, 0) is 65.7 Å². The molecule has 22 heteroatoms. The van der Waals surface area contributed by atoms with Crippen LogP contribution in [-0.2, 0) is 26.2 Å². The largest absolute Gasteiger partial charge is 0.513 e. The van der Waals surface area contributed by atoms with E-state index >= 15 is 0 Å². The van der Waals surface area contributed by atoms with Crippen LogP contribution in [0.15, 0.2) is 90.2 Å². The molecular formula is C33H28N10O11S. The van der Waals surface area contributed by atoms with E-state index < -0.39 is 21.3 Å². The van der Waals surface area contributed by atoms with E-state index in [0.29, 0.717) is 16.8 Å². The van der Waals surface area contributed by atoms with Crippen molar-refractivity contribution < 1.29 is 46.8 Å². The van der Waals surface area contributed by atoms with Crippen molar-refractivity contribution in [1.82, 2.24) is 40.6 Å². The van der Waals surface area contributed by atoms with Crippen molar-refractivity contribution in [1.29, 1.82) is 0 Å². The van der Waals surface area contributed by atoms with Gasteiger partial charge in [0.2, 0.25) is 11.6 Å².